The number of hydrogen-bond acceptors (Lipinski definition) is 2. The Bertz CT molecular complexity index is 622. The van der Waals surface area contributed by atoms with Gasteiger partial charge in [0.05, 0.1) is 0 Å². The maximum Gasteiger partial charge on any atom is 0.228 e. The minimum atomic E-state index is 0.0740. The topological polar surface area (TPSA) is 58.2 Å². The molecule has 2 aliphatic carbocycles. The SMILES string of the molecule is Cc1c(NC(=O)[C@H]2CC2(C)C)cccc1NC(=O)[C@H]1CC1(C)C. The molecule has 3 rings (SSSR count). The van der Waals surface area contributed by atoms with E-state index in [0.29, 0.717) is 0 Å². The highest BCUT2D eigenvalue weighted by molar-refractivity contribution is 5.99. The third-order valence-electron chi connectivity index (χ3n) is 5.51. The predicted molar refractivity (Wildman–Crippen MR) is 92.2 cm³/mol. The second-order valence-electron chi connectivity index (χ2n) is 8.45. The van der Waals surface area contributed by atoms with Gasteiger partial charge in [0, 0.05) is 23.2 Å². The molecule has 124 valence electrons. The van der Waals surface area contributed by atoms with Gasteiger partial charge in [-0.25, -0.2) is 0 Å². The van der Waals surface area contributed by atoms with E-state index in [1.54, 1.807) is 0 Å². The Morgan fingerprint density at radius 3 is 1.57 bits per heavy atom. The van der Waals surface area contributed by atoms with Gasteiger partial charge < -0.3 is 10.6 Å². The first-order chi connectivity index (χ1) is 10.6. The van der Waals surface area contributed by atoms with Crippen LogP contribution >= 0.6 is 0 Å². The fourth-order valence-electron chi connectivity index (χ4n) is 3.18. The Balaban J connectivity index is 1.69. The molecule has 2 fully saturated rings. The summed E-state index contributed by atoms with van der Waals surface area (Å²) < 4.78 is 0. The molecule has 0 saturated heterocycles. The van der Waals surface area contributed by atoms with Gasteiger partial charge in [-0.2, -0.15) is 0 Å². The summed E-state index contributed by atoms with van der Waals surface area (Å²) in [7, 11) is 0. The van der Waals surface area contributed by atoms with E-state index in [4.69, 9.17) is 0 Å². The number of amides is 2. The number of anilines is 2. The number of hydrogen-bond donors (Lipinski definition) is 2. The summed E-state index contributed by atoms with van der Waals surface area (Å²) in [6, 6.07) is 5.65. The molecule has 2 N–H and O–H groups in total. The van der Waals surface area contributed by atoms with Crippen LogP contribution in [0.5, 0.6) is 0 Å². The van der Waals surface area contributed by atoms with Crippen molar-refractivity contribution in [1.29, 1.82) is 0 Å². The van der Waals surface area contributed by atoms with E-state index >= 15 is 0 Å². The highest BCUT2D eigenvalue weighted by atomic mass is 16.2. The number of carbonyl (C=O) groups is 2. The molecule has 23 heavy (non-hydrogen) atoms. The quantitative estimate of drug-likeness (QED) is 0.883. The van der Waals surface area contributed by atoms with Crippen molar-refractivity contribution >= 4 is 23.2 Å². The van der Waals surface area contributed by atoms with Crippen LogP contribution in [0.1, 0.15) is 46.1 Å². The molecule has 4 nitrogen and oxygen atoms in total. The van der Waals surface area contributed by atoms with Crippen LogP contribution in [0.2, 0.25) is 0 Å². The molecular weight excluding hydrogens is 288 g/mol. The van der Waals surface area contributed by atoms with Crippen molar-refractivity contribution in [1.82, 2.24) is 0 Å². The Labute approximate surface area is 138 Å². The fraction of sp³-hybridized carbons (Fsp3) is 0.579. The third kappa shape index (κ3) is 3.12. The van der Waals surface area contributed by atoms with Crippen molar-refractivity contribution in [3.8, 4) is 0 Å². The molecule has 2 aliphatic rings. The third-order valence-corrected chi connectivity index (χ3v) is 5.51. The van der Waals surface area contributed by atoms with Crippen LogP contribution in [0.3, 0.4) is 0 Å². The van der Waals surface area contributed by atoms with Crippen LogP contribution < -0.4 is 10.6 Å². The lowest BCUT2D eigenvalue weighted by Gasteiger charge is -2.14. The summed E-state index contributed by atoms with van der Waals surface area (Å²) in [5, 5.41) is 6.02. The maximum atomic E-state index is 12.3. The summed E-state index contributed by atoms with van der Waals surface area (Å²) in [4.78, 5) is 24.6. The molecular formula is C19H26N2O2. The molecule has 4 heteroatoms. The second-order valence-corrected chi connectivity index (χ2v) is 8.45. The Kier molecular flexibility index (Phi) is 3.54. The van der Waals surface area contributed by atoms with Crippen LogP contribution in [0.4, 0.5) is 11.4 Å². The van der Waals surface area contributed by atoms with Crippen LogP contribution in [0.25, 0.3) is 0 Å². The molecule has 1 aromatic rings. The monoisotopic (exact) mass is 314 g/mol. The summed E-state index contributed by atoms with van der Waals surface area (Å²) in [5.74, 6) is 0.328. The van der Waals surface area contributed by atoms with Crippen LogP contribution in [-0.2, 0) is 9.59 Å². The summed E-state index contributed by atoms with van der Waals surface area (Å²) in [6.07, 6.45) is 1.87. The molecule has 2 amide bonds. The van der Waals surface area contributed by atoms with Gasteiger partial charge >= 0.3 is 0 Å². The zero-order valence-electron chi connectivity index (χ0n) is 14.6. The zero-order chi connectivity index (χ0) is 17.0. The molecule has 0 aliphatic heterocycles. The van der Waals surface area contributed by atoms with Crippen LogP contribution in [0, 0.1) is 29.6 Å². The molecule has 0 radical (unpaired) electrons. The highest BCUT2D eigenvalue weighted by Crippen LogP contribution is 2.53. The molecule has 0 spiro atoms. The van der Waals surface area contributed by atoms with Gasteiger partial charge in [-0.05, 0) is 48.3 Å². The van der Waals surface area contributed by atoms with Gasteiger partial charge in [0.15, 0.2) is 0 Å². The molecule has 1 aromatic carbocycles. The normalized spacial score (nSPS) is 26.3. The van der Waals surface area contributed by atoms with Crippen LogP contribution in [-0.4, -0.2) is 11.8 Å². The molecule has 0 heterocycles. The van der Waals surface area contributed by atoms with Crippen molar-refractivity contribution in [2.75, 3.05) is 10.6 Å². The van der Waals surface area contributed by atoms with E-state index < -0.39 is 0 Å². The van der Waals surface area contributed by atoms with Gasteiger partial charge in [0.25, 0.3) is 0 Å². The van der Waals surface area contributed by atoms with E-state index in [0.717, 1.165) is 29.8 Å². The zero-order valence-corrected chi connectivity index (χ0v) is 14.6. The van der Waals surface area contributed by atoms with Crippen molar-refractivity contribution in [3.05, 3.63) is 23.8 Å². The van der Waals surface area contributed by atoms with E-state index in [2.05, 4.69) is 38.3 Å². The average Bonchev–Trinajstić information content (AvgIpc) is 3.29. The first-order valence-electron chi connectivity index (χ1n) is 8.33. The van der Waals surface area contributed by atoms with Gasteiger partial charge in [0.1, 0.15) is 0 Å². The highest BCUT2D eigenvalue weighted by Gasteiger charge is 2.51. The van der Waals surface area contributed by atoms with E-state index in [-0.39, 0.29) is 34.5 Å². The first-order valence-corrected chi connectivity index (χ1v) is 8.33. The van der Waals surface area contributed by atoms with E-state index in [1.165, 1.54) is 0 Å². The lowest BCUT2D eigenvalue weighted by atomic mass is 10.1. The summed E-state index contributed by atoms with van der Waals surface area (Å²) in [6.45, 7) is 10.4. The molecule has 2 atom stereocenters. The van der Waals surface area contributed by atoms with Crippen molar-refractivity contribution in [2.45, 2.75) is 47.5 Å². The van der Waals surface area contributed by atoms with Gasteiger partial charge in [0.2, 0.25) is 11.8 Å². The molecule has 0 unspecified atom stereocenters. The number of benzene rings is 1. The fourth-order valence-corrected chi connectivity index (χ4v) is 3.18. The minimum Gasteiger partial charge on any atom is -0.326 e. The van der Waals surface area contributed by atoms with Crippen molar-refractivity contribution in [3.63, 3.8) is 0 Å². The summed E-state index contributed by atoms with van der Waals surface area (Å²) in [5.41, 5.74) is 2.70. The average molecular weight is 314 g/mol. The van der Waals surface area contributed by atoms with Crippen LogP contribution in [0.15, 0.2) is 18.2 Å². The van der Waals surface area contributed by atoms with Gasteiger partial charge in [-0.3, -0.25) is 9.59 Å². The minimum absolute atomic E-state index is 0.0740. The number of rotatable bonds is 4. The number of carbonyl (C=O) groups excluding carboxylic acids is 2. The van der Waals surface area contributed by atoms with E-state index in [1.807, 2.05) is 25.1 Å². The van der Waals surface area contributed by atoms with Gasteiger partial charge in [-0.15, -0.1) is 0 Å². The molecule has 0 bridgehead atoms. The maximum absolute atomic E-state index is 12.3. The predicted octanol–water partition coefficient (Wildman–Crippen LogP) is 3.96. The second kappa shape index (κ2) is 5.08. The number of nitrogens with one attached hydrogen (secondary N) is 2. The largest absolute Gasteiger partial charge is 0.326 e. The Morgan fingerprint density at radius 1 is 0.913 bits per heavy atom. The first kappa shape index (κ1) is 16.0. The molecule has 2 saturated carbocycles. The van der Waals surface area contributed by atoms with Gasteiger partial charge in [-0.1, -0.05) is 33.8 Å². The standard InChI is InChI=1S/C19H26N2O2/c1-11-14(20-16(22)12-9-18(12,2)3)7-6-8-15(11)21-17(23)13-10-19(13,4)5/h6-8,12-13H,9-10H2,1-5H3,(H,20,22)(H,21,23)/t12-,13-/m1/s1. The smallest absolute Gasteiger partial charge is 0.228 e. The lowest BCUT2D eigenvalue weighted by Crippen LogP contribution is -2.19. The Morgan fingerprint density at radius 2 is 1.26 bits per heavy atom. The molecule has 0 aromatic heterocycles. The summed E-state index contributed by atoms with van der Waals surface area (Å²) >= 11 is 0. The Hall–Kier alpha value is -1.84. The lowest BCUT2D eigenvalue weighted by molar-refractivity contribution is -0.118. The van der Waals surface area contributed by atoms with Crippen molar-refractivity contribution < 1.29 is 9.59 Å². The van der Waals surface area contributed by atoms with E-state index in [9.17, 15) is 9.59 Å². The van der Waals surface area contributed by atoms with Crippen molar-refractivity contribution in [2.24, 2.45) is 22.7 Å².